The summed E-state index contributed by atoms with van der Waals surface area (Å²) in [6, 6.07) is 14.1. The molecule has 28 heavy (non-hydrogen) atoms. The molecule has 0 bridgehead atoms. The third-order valence-electron chi connectivity index (χ3n) is 5.14. The van der Waals surface area contributed by atoms with Crippen molar-refractivity contribution in [2.45, 2.75) is 50.2 Å². The second kappa shape index (κ2) is 7.52. The summed E-state index contributed by atoms with van der Waals surface area (Å²) in [5.41, 5.74) is 1.42. The lowest BCUT2D eigenvalue weighted by molar-refractivity contribution is -0.268. The van der Waals surface area contributed by atoms with Crippen molar-refractivity contribution in [2.75, 3.05) is 0 Å². The van der Waals surface area contributed by atoms with Crippen LogP contribution in [-0.4, -0.2) is 51.8 Å². The van der Waals surface area contributed by atoms with Gasteiger partial charge in [-0.1, -0.05) is 24.3 Å². The Labute approximate surface area is 162 Å². The molecular weight excluding hydrogens is 364 g/mol. The summed E-state index contributed by atoms with van der Waals surface area (Å²) in [5, 5.41) is 29.7. The number of aliphatic hydroxyl groups is 3. The lowest BCUT2D eigenvalue weighted by Crippen LogP contribution is -2.58. The van der Waals surface area contributed by atoms with Crippen molar-refractivity contribution in [3.05, 3.63) is 59.7 Å². The van der Waals surface area contributed by atoms with Gasteiger partial charge in [-0.2, -0.15) is 0 Å². The standard InChI is InChI=1S/C21H22O7/c1-11-18(23)19(24)20(25)21(26-11)27-13-8-6-12(7-9-13)17-10-15(22)14-4-2-3-5-16(14)28-17/h2-9,11,17-21,23-25H,10H2,1H3/t11-,17?,18-,19-,20-,21-/m1/s1. The number of carbonyl (C=O) groups excluding carboxylic acids is 1. The minimum Gasteiger partial charge on any atom is -0.484 e. The van der Waals surface area contributed by atoms with Crippen molar-refractivity contribution in [3.63, 3.8) is 0 Å². The summed E-state index contributed by atoms with van der Waals surface area (Å²) in [6.07, 6.45) is -5.81. The molecule has 2 aliphatic rings. The van der Waals surface area contributed by atoms with E-state index in [9.17, 15) is 20.1 Å². The first kappa shape index (κ1) is 18.9. The lowest BCUT2D eigenvalue weighted by Gasteiger charge is -2.38. The highest BCUT2D eigenvalue weighted by Gasteiger charge is 2.43. The van der Waals surface area contributed by atoms with Crippen molar-refractivity contribution in [1.82, 2.24) is 0 Å². The molecule has 1 fully saturated rings. The second-order valence-electron chi connectivity index (χ2n) is 7.10. The Morgan fingerprint density at radius 3 is 2.43 bits per heavy atom. The molecule has 4 rings (SSSR count). The zero-order valence-electron chi connectivity index (χ0n) is 15.3. The van der Waals surface area contributed by atoms with E-state index < -0.39 is 30.7 Å². The minimum atomic E-state index is -1.37. The average molecular weight is 386 g/mol. The van der Waals surface area contributed by atoms with Gasteiger partial charge in [0.2, 0.25) is 6.29 Å². The van der Waals surface area contributed by atoms with E-state index in [1.807, 2.05) is 12.1 Å². The molecule has 7 heteroatoms. The van der Waals surface area contributed by atoms with E-state index in [1.54, 1.807) is 43.3 Å². The maximum absolute atomic E-state index is 12.3. The first-order chi connectivity index (χ1) is 13.4. The Kier molecular flexibility index (Phi) is 5.07. The van der Waals surface area contributed by atoms with Crippen LogP contribution in [-0.2, 0) is 4.74 Å². The number of ether oxygens (including phenoxy) is 3. The highest BCUT2D eigenvalue weighted by Crippen LogP contribution is 2.35. The van der Waals surface area contributed by atoms with E-state index in [-0.39, 0.29) is 18.3 Å². The third kappa shape index (κ3) is 3.49. The number of Topliss-reactive ketones (excluding diaryl/α,β-unsaturated/α-hetero) is 1. The number of benzene rings is 2. The number of para-hydroxylation sites is 1. The molecule has 7 nitrogen and oxygen atoms in total. The predicted molar refractivity (Wildman–Crippen MR) is 98.2 cm³/mol. The van der Waals surface area contributed by atoms with Crippen LogP contribution in [0.2, 0.25) is 0 Å². The first-order valence-corrected chi connectivity index (χ1v) is 9.19. The number of hydrogen-bond donors (Lipinski definition) is 3. The zero-order valence-corrected chi connectivity index (χ0v) is 15.3. The quantitative estimate of drug-likeness (QED) is 0.736. The molecule has 2 aromatic rings. The van der Waals surface area contributed by atoms with Crippen LogP contribution in [0.5, 0.6) is 11.5 Å². The van der Waals surface area contributed by atoms with Crippen molar-refractivity contribution in [2.24, 2.45) is 0 Å². The maximum atomic E-state index is 12.3. The molecule has 2 aliphatic heterocycles. The molecule has 3 N–H and O–H groups in total. The summed E-state index contributed by atoms with van der Waals surface area (Å²) < 4.78 is 17.0. The monoisotopic (exact) mass is 386 g/mol. The van der Waals surface area contributed by atoms with Crippen molar-refractivity contribution in [3.8, 4) is 11.5 Å². The highest BCUT2D eigenvalue weighted by molar-refractivity contribution is 5.99. The van der Waals surface area contributed by atoms with Crippen LogP contribution in [0.3, 0.4) is 0 Å². The first-order valence-electron chi connectivity index (χ1n) is 9.19. The molecule has 2 aromatic carbocycles. The van der Waals surface area contributed by atoms with Crippen LogP contribution in [0.15, 0.2) is 48.5 Å². The minimum absolute atomic E-state index is 0.0347. The average Bonchev–Trinajstić information content (AvgIpc) is 2.71. The number of fused-ring (bicyclic) bond motifs is 1. The molecule has 6 atom stereocenters. The van der Waals surface area contributed by atoms with Crippen molar-refractivity contribution >= 4 is 5.78 Å². The van der Waals surface area contributed by atoms with E-state index in [0.29, 0.717) is 17.1 Å². The van der Waals surface area contributed by atoms with Gasteiger partial charge in [-0.05, 0) is 36.8 Å². The SMILES string of the molecule is C[C@H]1O[C@H](Oc2ccc(C3CC(=O)c4ccccc4O3)cc2)[C@H](O)[C@H](O)[C@@H]1O. The van der Waals surface area contributed by atoms with Crippen LogP contribution in [0.1, 0.15) is 35.4 Å². The number of ketones is 1. The molecule has 0 aliphatic carbocycles. The van der Waals surface area contributed by atoms with E-state index in [2.05, 4.69) is 0 Å². The lowest BCUT2D eigenvalue weighted by atomic mass is 9.96. The van der Waals surface area contributed by atoms with Gasteiger partial charge in [0.15, 0.2) is 5.78 Å². The fourth-order valence-corrected chi connectivity index (χ4v) is 3.46. The zero-order chi connectivity index (χ0) is 19.8. The number of carbonyl (C=O) groups is 1. The Morgan fingerprint density at radius 2 is 1.68 bits per heavy atom. The van der Waals surface area contributed by atoms with Gasteiger partial charge >= 0.3 is 0 Å². The normalized spacial score (nSPS) is 32.4. The van der Waals surface area contributed by atoms with Crippen LogP contribution in [0, 0.1) is 0 Å². The van der Waals surface area contributed by atoms with Gasteiger partial charge in [-0.15, -0.1) is 0 Å². The predicted octanol–water partition coefficient (Wildman–Crippen LogP) is 1.60. The van der Waals surface area contributed by atoms with Gasteiger partial charge in [0.05, 0.1) is 18.1 Å². The summed E-state index contributed by atoms with van der Waals surface area (Å²) in [6.45, 7) is 1.59. The van der Waals surface area contributed by atoms with Gasteiger partial charge in [-0.25, -0.2) is 0 Å². The summed E-state index contributed by atoms with van der Waals surface area (Å²) in [5.74, 6) is 1.03. The molecule has 1 saturated heterocycles. The Balaban J connectivity index is 1.46. The Bertz CT molecular complexity index is 850. The molecule has 0 amide bonds. The molecule has 148 valence electrons. The number of aliphatic hydroxyl groups excluding tert-OH is 3. The van der Waals surface area contributed by atoms with Crippen LogP contribution < -0.4 is 9.47 Å². The second-order valence-corrected chi connectivity index (χ2v) is 7.10. The van der Waals surface area contributed by atoms with Crippen LogP contribution in [0.4, 0.5) is 0 Å². The van der Waals surface area contributed by atoms with Crippen LogP contribution >= 0.6 is 0 Å². The fourth-order valence-electron chi connectivity index (χ4n) is 3.46. The van der Waals surface area contributed by atoms with Crippen molar-refractivity contribution < 1.29 is 34.3 Å². The van der Waals surface area contributed by atoms with E-state index in [0.717, 1.165) is 5.56 Å². The highest BCUT2D eigenvalue weighted by atomic mass is 16.7. The number of hydrogen-bond acceptors (Lipinski definition) is 7. The summed E-state index contributed by atoms with van der Waals surface area (Å²) in [7, 11) is 0. The Morgan fingerprint density at radius 1 is 0.964 bits per heavy atom. The van der Waals surface area contributed by atoms with E-state index in [4.69, 9.17) is 14.2 Å². The molecular formula is C21H22O7. The smallest absolute Gasteiger partial charge is 0.229 e. The molecule has 1 unspecified atom stereocenters. The molecule has 0 aromatic heterocycles. The molecule has 0 spiro atoms. The van der Waals surface area contributed by atoms with E-state index >= 15 is 0 Å². The molecule has 0 radical (unpaired) electrons. The van der Waals surface area contributed by atoms with Gasteiger partial charge in [0.25, 0.3) is 0 Å². The van der Waals surface area contributed by atoms with Gasteiger partial charge < -0.3 is 29.5 Å². The van der Waals surface area contributed by atoms with E-state index in [1.165, 1.54) is 0 Å². The van der Waals surface area contributed by atoms with Crippen molar-refractivity contribution in [1.29, 1.82) is 0 Å². The molecule has 0 saturated carbocycles. The third-order valence-corrected chi connectivity index (χ3v) is 5.14. The topological polar surface area (TPSA) is 105 Å². The maximum Gasteiger partial charge on any atom is 0.229 e. The summed E-state index contributed by atoms with van der Waals surface area (Å²) >= 11 is 0. The van der Waals surface area contributed by atoms with Gasteiger partial charge in [-0.3, -0.25) is 4.79 Å². The fraction of sp³-hybridized carbons (Fsp3) is 0.381. The summed E-state index contributed by atoms with van der Waals surface area (Å²) in [4.78, 5) is 12.3. The molecule has 2 heterocycles. The van der Waals surface area contributed by atoms with Gasteiger partial charge in [0, 0.05) is 0 Å². The largest absolute Gasteiger partial charge is 0.484 e. The van der Waals surface area contributed by atoms with Crippen LogP contribution in [0.25, 0.3) is 0 Å². The Hall–Kier alpha value is -2.45. The number of rotatable bonds is 3. The van der Waals surface area contributed by atoms with Gasteiger partial charge in [0.1, 0.15) is 35.9 Å².